The van der Waals surface area contributed by atoms with E-state index >= 15 is 0 Å². The van der Waals surface area contributed by atoms with E-state index in [4.69, 9.17) is 10.00 Å². The molecule has 6 nitrogen and oxygen atoms in total. The van der Waals surface area contributed by atoms with E-state index in [-0.39, 0.29) is 0 Å². The normalized spacial score (nSPS) is 10.6. The number of benzene rings is 1. The number of ether oxygens (including phenoxy) is 1. The van der Waals surface area contributed by atoms with Crippen LogP contribution in [0.1, 0.15) is 17.0 Å². The molecule has 3 rings (SSSR count). The first-order chi connectivity index (χ1) is 11.3. The molecule has 0 spiro atoms. The van der Waals surface area contributed by atoms with Gasteiger partial charge in [0, 0.05) is 11.8 Å². The molecule has 0 atom stereocenters. The number of nitriles is 1. The molecule has 0 N–H and O–H groups in total. The number of hydrogen-bond acceptors (Lipinski definition) is 5. The molecule has 0 saturated heterocycles. The summed E-state index contributed by atoms with van der Waals surface area (Å²) in [7, 11) is 1.64. The highest BCUT2D eigenvalue weighted by atomic mass is 16.5. The van der Waals surface area contributed by atoms with Gasteiger partial charge in [-0.1, -0.05) is 0 Å². The van der Waals surface area contributed by atoms with Crippen molar-refractivity contribution in [2.45, 2.75) is 0 Å². The van der Waals surface area contributed by atoms with E-state index in [1.165, 1.54) is 6.20 Å². The van der Waals surface area contributed by atoms with Gasteiger partial charge < -0.3 is 4.74 Å². The van der Waals surface area contributed by atoms with E-state index in [9.17, 15) is 0 Å². The molecule has 0 saturated carbocycles. The van der Waals surface area contributed by atoms with Crippen molar-refractivity contribution in [2.75, 3.05) is 7.11 Å². The number of hydrogen-bond donors (Lipinski definition) is 0. The van der Waals surface area contributed by atoms with Crippen LogP contribution in [0.5, 0.6) is 5.75 Å². The predicted octanol–water partition coefficient (Wildman–Crippen LogP) is 2.71. The second kappa shape index (κ2) is 6.54. The van der Waals surface area contributed by atoms with Gasteiger partial charge >= 0.3 is 0 Å². The average Bonchev–Trinajstić information content (AvgIpc) is 3.09. The summed E-state index contributed by atoms with van der Waals surface area (Å²) in [6, 6.07) is 9.59. The number of rotatable bonds is 4. The van der Waals surface area contributed by atoms with E-state index in [1.807, 2.05) is 48.7 Å². The lowest BCUT2D eigenvalue weighted by molar-refractivity contribution is 0.414. The van der Waals surface area contributed by atoms with Crippen molar-refractivity contribution in [1.29, 1.82) is 5.26 Å². The van der Waals surface area contributed by atoms with Crippen LogP contribution < -0.4 is 4.74 Å². The first-order valence-corrected chi connectivity index (χ1v) is 6.88. The third-order valence-electron chi connectivity index (χ3n) is 3.17. The largest absolute Gasteiger partial charge is 0.497 e. The van der Waals surface area contributed by atoms with Crippen molar-refractivity contribution in [3.8, 4) is 17.5 Å². The Morgan fingerprint density at radius 2 is 1.91 bits per heavy atom. The molecule has 0 aliphatic carbocycles. The van der Waals surface area contributed by atoms with Gasteiger partial charge in [0.1, 0.15) is 11.8 Å². The maximum absolute atomic E-state index is 8.69. The van der Waals surface area contributed by atoms with Crippen LogP contribution in [0.15, 0.2) is 49.1 Å². The number of nitrogens with zero attached hydrogens (tertiary/aromatic N) is 5. The molecule has 3 aromatic rings. The Morgan fingerprint density at radius 3 is 2.57 bits per heavy atom. The molecule has 2 aromatic heterocycles. The maximum atomic E-state index is 8.69. The van der Waals surface area contributed by atoms with Gasteiger partial charge in [-0.05, 0) is 36.4 Å². The standard InChI is InChI=1S/C17H13N5O/c1-23-17-6-4-16(5-7-17)22-12-13(9-21-22)2-3-14-10-20-15(8-18)11-19-14/h2-7,9-12H,1H3/b3-2+. The Kier molecular flexibility index (Phi) is 4.11. The van der Waals surface area contributed by atoms with Crippen molar-refractivity contribution in [3.05, 3.63) is 66.0 Å². The summed E-state index contributed by atoms with van der Waals surface area (Å²) in [6.07, 6.45) is 10.4. The number of methoxy groups -OCH3 is 1. The van der Waals surface area contributed by atoms with Crippen molar-refractivity contribution >= 4 is 12.2 Å². The smallest absolute Gasteiger partial charge is 0.158 e. The van der Waals surface area contributed by atoms with Gasteiger partial charge in [-0.2, -0.15) is 10.4 Å². The number of aromatic nitrogens is 4. The molecule has 6 heteroatoms. The quantitative estimate of drug-likeness (QED) is 0.740. The van der Waals surface area contributed by atoms with Crippen molar-refractivity contribution in [3.63, 3.8) is 0 Å². The van der Waals surface area contributed by atoms with Crippen LogP contribution in [0.3, 0.4) is 0 Å². The molecule has 0 aliphatic heterocycles. The Balaban J connectivity index is 1.75. The zero-order valence-electron chi connectivity index (χ0n) is 12.4. The lowest BCUT2D eigenvalue weighted by atomic mass is 10.3. The second-order valence-electron chi connectivity index (χ2n) is 4.69. The van der Waals surface area contributed by atoms with Gasteiger partial charge in [0.05, 0.1) is 37.1 Å². The summed E-state index contributed by atoms with van der Waals surface area (Å²) < 4.78 is 6.92. The minimum absolute atomic E-state index is 0.300. The van der Waals surface area contributed by atoms with Gasteiger partial charge in [0.15, 0.2) is 5.69 Å². The summed E-state index contributed by atoms with van der Waals surface area (Å²) in [5, 5.41) is 13.0. The van der Waals surface area contributed by atoms with Gasteiger partial charge in [-0.25, -0.2) is 9.67 Å². The van der Waals surface area contributed by atoms with E-state index in [0.717, 1.165) is 17.0 Å². The molecule has 0 bridgehead atoms. The lowest BCUT2D eigenvalue weighted by Crippen LogP contribution is -1.93. The van der Waals surface area contributed by atoms with E-state index < -0.39 is 0 Å². The summed E-state index contributed by atoms with van der Waals surface area (Å²) in [4.78, 5) is 8.11. The third kappa shape index (κ3) is 3.41. The molecule has 112 valence electrons. The van der Waals surface area contributed by atoms with E-state index in [0.29, 0.717) is 11.4 Å². The van der Waals surface area contributed by atoms with Crippen LogP contribution in [-0.2, 0) is 0 Å². The average molecular weight is 303 g/mol. The Bertz CT molecular complexity index is 857. The van der Waals surface area contributed by atoms with E-state index in [2.05, 4.69) is 15.1 Å². The Labute approximate surface area is 133 Å². The summed E-state index contributed by atoms with van der Waals surface area (Å²) in [5.74, 6) is 0.806. The lowest BCUT2D eigenvalue weighted by Gasteiger charge is -2.02. The monoisotopic (exact) mass is 303 g/mol. The van der Waals surface area contributed by atoms with Gasteiger partial charge in [-0.15, -0.1) is 0 Å². The van der Waals surface area contributed by atoms with Crippen LogP contribution in [0.4, 0.5) is 0 Å². The summed E-state index contributed by atoms with van der Waals surface area (Å²) in [5.41, 5.74) is 2.87. The fourth-order valence-electron chi connectivity index (χ4n) is 1.96. The fourth-order valence-corrected chi connectivity index (χ4v) is 1.96. The first kappa shape index (κ1) is 14.5. The summed E-state index contributed by atoms with van der Waals surface area (Å²) in [6.45, 7) is 0. The molecule has 0 fully saturated rings. The minimum atomic E-state index is 0.300. The van der Waals surface area contributed by atoms with E-state index in [1.54, 1.807) is 24.2 Å². The van der Waals surface area contributed by atoms with Gasteiger partial charge in [-0.3, -0.25) is 4.98 Å². The highest BCUT2D eigenvalue weighted by molar-refractivity contribution is 5.67. The molecular weight excluding hydrogens is 290 g/mol. The molecule has 0 amide bonds. The van der Waals surface area contributed by atoms with Gasteiger partial charge in [0.2, 0.25) is 0 Å². The highest BCUT2D eigenvalue weighted by Gasteiger charge is 2.00. The second-order valence-corrected chi connectivity index (χ2v) is 4.69. The van der Waals surface area contributed by atoms with Crippen LogP contribution in [0, 0.1) is 11.3 Å². The van der Waals surface area contributed by atoms with Crippen molar-refractivity contribution in [2.24, 2.45) is 0 Å². The predicted molar refractivity (Wildman–Crippen MR) is 85.8 cm³/mol. The molecular formula is C17H13N5O. The summed E-state index contributed by atoms with van der Waals surface area (Å²) >= 11 is 0. The van der Waals surface area contributed by atoms with Crippen LogP contribution >= 0.6 is 0 Å². The topological polar surface area (TPSA) is 76.6 Å². The minimum Gasteiger partial charge on any atom is -0.497 e. The molecule has 0 unspecified atom stereocenters. The molecule has 23 heavy (non-hydrogen) atoms. The van der Waals surface area contributed by atoms with Crippen molar-refractivity contribution < 1.29 is 4.74 Å². The van der Waals surface area contributed by atoms with Gasteiger partial charge in [0.25, 0.3) is 0 Å². The van der Waals surface area contributed by atoms with Crippen molar-refractivity contribution in [1.82, 2.24) is 19.7 Å². The Hall–Kier alpha value is -3.46. The highest BCUT2D eigenvalue weighted by Crippen LogP contribution is 2.15. The molecule has 1 aromatic carbocycles. The maximum Gasteiger partial charge on any atom is 0.158 e. The molecule has 0 aliphatic rings. The van der Waals surface area contributed by atoms with Crippen LogP contribution in [0.2, 0.25) is 0 Å². The Morgan fingerprint density at radius 1 is 1.09 bits per heavy atom. The molecule has 2 heterocycles. The SMILES string of the molecule is COc1ccc(-n2cc(/C=C/c3cnc(C#N)cn3)cn2)cc1. The fraction of sp³-hybridized carbons (Fsp3) is 0.0588. The van der Waals surface area contributed by atoms with Crippen LogP contribution in [0.25, 0.3) is 17.8 Å². The molecule has 0 radical (unpaired) electrons. The zero-order valence-corrected chi connectivity index (χ0v) is 12.4. The third-order valence-corrected chi connectivity index (χ3v) is 3.17. The first-order valence-electron chi connectivity index (χ1n) is 6.88. The zero-order chi connectivity index (χ0) is 16.1. The van der Waals surface area contributed by atoms with Crippen LogP contribution in [-0.4, -0.2) is 26.9 Å².